The van der Waals surface area contributed by atoms with Crippen LogP contribution in [0.3, 0.4) is 0 Å². The van der Waals surface area contributed by atoms with E-state index in [0.29, 0.717) is 10.9 Å². The third-order valence-electron chi connectivity index (χ3n) is 4.50. The molecule has 2 heterocycles. The van der Waals surface area contributed by atoms with E-state index in [1.54, 1.807) is 0 Å². The fourth-order valence-corrected chi connectivity index (χ4v) is 2.97. The summed E-state index contributed by atoms with van der Waals surface area (Å²) in [6.45, 7) is 0. The second-order valence-electron chi connectivity index (χ2n) is 6.45. The van der Waals surface area contributed by atoms with Crippen molar-refractivity contribution in [2.45, 2.75) is 37.1 Å². The first-order valence-corrected chi connectivity index (χ1v) is 8.57. The zero-order valence-electron chi connectivity index (χ0n) is 15.1. The molecular formula is C18H19NO10. The molecule has 0 radical (unpaired) electrons. The van der Waals surface area contributed by atoms with Gasteiger partial charge < -0.3 is 39.6 Å². The summed E-state index contributed by atoms with van der Waals surface area (Å²) >= 11 is 0. The standard InChI is InChI=1S/C18H19NO10/c1-19-11(20)4-7-5-12(21)28-10-6-8(2-3-9(7)10)27-18-15(24)13(22)14(23)16(29-18)17(25)26/h2-3,5-6,13-16,18,22-24H,4H2,1H3,(H,19,20)(H,25,26). The van der Waals surface area contributed by atoms with Crippen molar-refractivity contribution in [2.75, 3.05) is 7.05 Å². The molecule has 1 aliphatic rings. The number of carboxylic acids is 1. The summed E-state index contributed by atoms with van der Waals surface area (Å²) < 4.78 is 15.6. The van der Waals surface area contributed by atoms with Crippen LogP contribution in [0.25, 0.3) is 11.0 Å². The molecule has 1 fully saturated rings. The zero-order chi connectivity index (χ0) is 21.3. The van der Waals surface area contributed by atoms with Crippen LogP contribution in [-0.4, -0.2) is 70.1 Å². The Kier molecular flexibility index (Phi) is 5.84. The molecule has 29 heavy (non-hydrogen) atoms. The number of amides is 1. The van der Waals surface area contributed by atoms with Crippen molar-refractivity contribution in [3.05, 3.63) is 40.2 Å². The third kappa shape index (κ3) is 4.22. The van der Waals surface area contributed by atoms with Crippen molar-refractivity contribution in [3.63, 3.8) is 0 Å². The highest BCUT2D eigenvalue weighted by atomic mass is 16.7. The highest BCUT2D eigenvalue weighted by Crippen LogP contribution is 2.27. The second-order valence-corrected chi connectivity index (χ2v) is 6.45. The van der Waals surface area contributed by atoms with Gasteiger partial charge in [0, 0.05) is 24.6 Å². The summed E-state index contributed by atoms with van der Waals surface area (Å²) in [5.74, 6) is -1.81. The fourth-order valence-electron chi connectivity index (χ4n) is 2.97. The Morgan fingerprint density at radius 3 is 2.52 bits per heavy atom. The Balaban J connectivity index is 1.90. The lowest BCUT2D eigenvalue weighted by molar-refractivity contribution is -0.271. The summed E-state index contributed by atoms with van der Waals surface area (Å²) in [6, 6.07) is 5.44. The number of nitrogens with one attached hydrogen (secondary N) is 1. The first-order valence-electron chi connectivity index (χ1n) is 8.57. The molecule has 11 heteroatoms. The smallest absolute Gasteiger partial charge is 0.336 e. The van der Waals surface area contributed by atoms with Gasteiger partial charge in [0.1, 0.15) is 29.6 Å². The largest absolute Gasteiger partial charge is 0.479 e. The molecule has 1 aromatic carbocycles. The lowest BCUT2D eigenvalue weighted by Crippen LogP contribution is -2.61. The Hall–Kier alpha value is -2.99. The number of hydrogen-bond acceptors (Lipinski definition) is 9. The SMILES string of the molecule is CNC(=O)Cc1cc(=O)oc2cc(OC3OC(C(=O)O)C(O)C(O)C3O)ccc12. The molecule has 5 atom stereocenters. The fraction of sp³-hybridized carbons (Fsp3) is 0.389. The van der Waals surface area contributed by atoms with Crippen LogP contribution < -0.4 is 15.7 Å². The van der Waals surface area contributed by atoms with E-state index in [2.05, 4.69) is 5.32 Å². The van der Waals surface area contributed by atoms with Gasteiger partial charge in [-0.3, -0.25) is 4.79 Å². The van der Waals surface area contributed by atoms with E-state index in [1.807, 2.05) is 0 Å². The molecule has 1 amide bonds. The van der Waals surface area contributed by atoms with Crippen LogP contribution in [0.15, 0.2) is 33.5 Å². The molecule has 0 aliphatic carbocycles. The van der Waals surface area contributed by atoms with Gasteiger partial charge >= 0.3 is 11.6 Å². The number of aliphatic hydroxyl groups excluding tert-OH is 3. The topological polar surface area (TPSA) is 176 Å². The van der Waals surface area contributed by atoms with E-state index in [0.717, 1.165) is 0 Å². The van der Waals surface area contributed by atoms with Crippen molar-refractivity contribution in [2.24, 2.45) is 0 Å². The summed E-state index contributed by atoms with van der Waals surface area (Å²) in [5, 5.41) is 41.6. The predicted octanol–water partition coefficient (Wildman–Crippen LogP) is -1.65. The number of benzene rings is 1. The van der Waals surface area contributed by atoms with Crippen LogP contribution in [0.1, 0.15) is 5.56 Å². The van der Waals surface area contributed by atoms with Crippen LogP contribution in [0.2, 0.25) is 0 Å². The molecule has 0 spiro atoms. The second kappa shape index (κ2) is 8.17. The zero-order valence-corrected chi connectivity index (χ0v) is 15.1. The van der Waals surface area contributed by atoms with Crippen LogP contribution in [-0.2, 0) is 20.7 Å². The molecule has 11 nitrogen and oxygen atoms in total. The molecule has 0 saturated carbocycles. The van der Waals surface area contributed by atoms with E-state index in [9.17, 15) is 29.7 Å². The number of rotatable bonds is 5. The number of ether oxygens (including phenoxy) is 2. The number of carbonyl (C=O) groups excluding carboxylic acids is 1. The average molecular weight is 409 g/mol. The highest BCUT2D eigenvalue weighted by Gasteiger charge is 2.48. The first-order chi connectivity index (χ1) is 13.7. The van der Waals surface area contributed by atoms with Gasteiger partial charge in [0.05, 0.1) is 6.42 Å². The van der Waals surface area contributed by atoms with Crippen molar-refractivity contribution in [1.29, 1.82) is 0 Å². The number of carbonyl (C=O) groups is 2. The molecular weight excluding hydrogens is 390 g/mol. The van der Waals surface area contributed by atoms with Gasteiger partial charge in [-0.1, -0.05) is 0 Å². The van der Waals surface area contributed by atoms with Gasteiger partial charge in [0.25, 0.3) is 0 Å². The number of aliphatic carboxylic acids is 1. The van der Waals surface area contributed by atoms with Crippen molar-refractivity contribution >= 4 is 22.8 Å². The maximum Gasteiger partial charge on any atom is 0.336 e. The summed E-state index contributed by atoms with van der Waals surface area (Å²) in [6.07, 6.45) is -8.85. The van der Waals surface area contributed by atoms with E-state index >= 15 is 0 Å². The molecule has 3 rings (SSSR count). The molecule has 5 N–H and O–H groups in total. The molecule has 0 bridgehead atoms. The minimum absolute atomic E-state index is 0.0366. The molecule has 1 aliphatic heterocycles. The Morgan fingerprint density at radius 1 is 1.14 bits per heavy atom. The Labute approximate surface area is 163 Å². The van der Waals surface area contributed by atoms with Crippen molar-refractivity contribution in [1.82, 2.24) is 5.32 Å². The summed E-state index contributed by atoms with van der Waals surface area (Å²) in [7, 11) is 1.47. The third-order valence-corrected chi connectivity index (χ3v) is 4.50. The van der Waals surface area contributed by atoms with E-state index < -0.39 is 42.3 Å². The number of likely N-dealkylation sites (N-methyl/N-ethyl adjacent to an activating group) is 1. The van der Waals surface area contributed by atoms with Crippen molar-refractivity contribution < 1.29 is 43.9 Å². The van der Waals surface area contributed by atoms with Crippen LogP contribution >= 0.6 is 0 Å². The van der Waals surface area contributed by atoms with Gasteiger partial charge in [-0.15, -0.1) is 0 Å². The van der Waals surface area contributed by atoms with Crippen LogP contribution in [0.5, 0.6) is 5.75 Å². The van der Waals surface area contributed by atoms with Crippen LogP contribution in [0, 0.1) is 0 Å². The first kappa shape index (κ1) is 20.7. The minimum atomic E-state index is -1.84. The summed E-state index contributed by atoms with van der Waals surface area (Å²) in [5.41, 5.74) is -0.165. The predicted molar refractivity (Wildman–Crippen MR) is 95.2 cm³/mol. The van der Waals surface area contributed by atoms with Crippen LogP contribution in [0.4, 0.5) is 0 Å². The summed E-state index contributed by atoms with van der Waals surface area (Å²) in [4.78, 5) is 34.6. The van der Waals surface area contributed by atoms with E-state index in [1.165, 1.54) is 31.3 Å². The molecule has 5 unspecified atom stereocenters. The number of aliphatic hydroxyl groups is 3. The van der Waals surface area contributed by atoms with Gasteiger partial charge in [-0.05, 0) is 17.7 Å². The molecule has 2 aromatic rings. The average Bonchev–Trinajstić information content (AvgIpc) is 2.67. The van der Waals surface area contributed by atoms with Crippen molar-refractivity contribution in [3.8, 4) is 5.75 Å². The quantitative estimate of drug-likeness (QED) is 0.360. The maximum atomic E-state index is 11.8. The number of hydrogen-bond donors (Lipinski definition) is 5. The molecule has 1 aromatic heterocycles. The van der Waals surface area contributed by atoms with E-state index in [4.69, 9.17) is 19.0 Å². The Bertz CT molecular complexity index is 986. The highest BCUT2D eigenvalue weighted by molar-refractivity contribution is 5.87. The van der Waals surface area contributed by atoms with Gasteiger partial charge in [0.2, 0.25) is 12.2 Å². The van der Waals surface area contributed by atoms with Gasteiger partial charge in [-0.2, -0.15) is 0 Å². The van der Waals surface area contributed by atoms with Gasteiger partial charge in [0.15, 0.2) is 6.10 Å². The number of carboxylic acid groups (broad SMARTS) is 1. The molecule has 156 valence electrons. The lowest BCUT2D eigenvalue weighted by atomic mass is 9.99. The van der Waals surface area contributed by atoms with Gasteiger partial charge in [-0.25, -0.2) is 9.59 Å². The number of fused-ring (bicyclic) bond motifs is 1. The Morgan fingerprint density at radius 2 is 1.86 bits per heavy atom. The molecule has 1 saturated heterocycles. The normalized spacial score (nSPS) is 26.8. The van der Waals surface area contributed by atoms with E-state index in [-0.39, 0.29) is 23.7 Å². The minimum Gasteiger partial charge on any atom is -0.479 e. The lowest BCUT2D eigenvalue weighted by Gasteiger charge is -2.38. The maximum absolute atomic E-state index is 11.8. The monoisotopic (exact) mass is 409 g/mol.